The maximum Gasteiger partial charge on any atom is 0.138 e. The highest BCUT2D eigenvalue weighted by molar-refractivity contribution is 5.23. The Morgan fingerprint density at radius 1 is 1.26 bits per heavy atom. The molecule has 4 saturated carbocycles. The zero-order chi connectivity index (χ0) is 13.0. The molecule has 1 aromatic heterocycles. The lowest BCUT2D eigenvalue weighted by Crippen LogP contribution is -2.48. The molecule has 0 saturated heterocycles. The summed E-state index contributed by atoms with van der Waals surface area (Å²) in [4.78, 5) is 0. The van der Waals surface area contributed by atoms with Gasteiger partial charge in [-0.1, -0.05) is 0 Å². The predicted octanol–water partition coefficient (Wildman–Crippen LogP) is 3.28. The third kappa shape index (κ3) is 1.81. The molecule has 4 aliphatic rings. The SMILES string of the molecule is Cc1cc(C#N)n(CC23CC4CC(CC(C4)C2)C3)n1. The Bertz CT molecular complexity index is 514. The number of nitriles is 1. The highest BCUT2D eigenvalue weighted by Crippen LogP contribution is 2.60. The summed E-state index contributed by atoms with van der Waals surface area (Å²) in [5.74, 6) is 2.90. The molecular weight excluding hydrogens is 234 g/mol. The van der Waals surface area contributed by atoms with E-state index in [1.807, 2.05) is 17.7 Å². The second-order valence-corrected chi connectivity index (χ2v) is 7.36. The maximum absolute atomic E-state index is 9.23. The van der Waals surface area contributed by atoms with Crippen molar-refractivity contribution in [3.8, 4) is 6.07 Å². The topological polar surface area (TPSA) is 41.6 Å². The van der Waals surface area contributed by atoms with Gasteiger partial charge in [0, 0.05) is 6.54 Å². The first-order chi connectivity index (χ1) is 9.16. The number of aryl methyl sites for hydroxylation is 1. The van der Waals surface area contributed by atoms with E-state index in [0.29, 0.717) is 5.41 Å². The Labute approximate surface area is 114 Å². The van der Waals surface area contributed by atoms with Gasteiger partial charge in [-0.2, -0.15) is 10.4 Å². The van der Waals surface area contributed by atoms with Gasteiger partial charge in [-0.25, -0.2) is 0 Å². The van der Waals surface area contributed by atoms with Gasteiger partial charge in [0.05, 0.1) is 5.69 Å². The second kappa shape index (κ2) is 3.85. The largest absolute Gasteiger partial charge is 0.254 e. The van der Waals surface area contributed by atoms with Gasteiger partial charge in [-0.15, -0.1) is 0 Å². The molecule has 0 atom stereocenters. The van der Waals surface area contributed by atoms with Crippen LogP contribution in [0.5, 0.6) is 0 Å². The smallest absolute Gasteiger partial charge is 0.138 e. The van der Waals surface area contributed by atoms with Gasteiger partial charge < -0.3 is 0 Å². The van der Waals surface area contributed by atoms with Crippen molar-refractivity contribution in [2.75, 3.05) is 0 Å². The molecule has 4 aliphatic carbocycles. The minimum atomic E-state index is 0.457. The molecule has 0 spiro atoms. The second-order valence-electron chi connectivity index (χ2n) is 7.36. The summed E-state index contributed by atoms with van der Waals surface area (Å²) >= 11 is 0. The number of aromatic nitrogens is 2. The highest BCUT2D eigenvalue weighted by Gasteiger charge is 2.51. The number of hydrogen-bond acceptors (Lipinski definition) is 2. The van der Waals surface area contributed by atoms with E-state index in [9.17, 15) is 5.26 Å². The van der Waals surface area contributed by atoms with E-state index >= 15 is 0 Å². The van der Waals surface area contributed by atoms with E-state index in [0.717, 1.165) is 35.7 Å². The fraction of sp³-hybridized carbons (Fsp3) is 0.750. The lowest BCUT2D eigenvalue weighted by Gasteiger charge is -2.56. The Morgan fingerprint density at radius 2 is 1.84 bits per heavy atom. The normalized spacial score (nSPS) is 39.5. The summed E-state index contributed by atoms with van der Waals surface area (Å²) < 4.78 is 1.99. The molecule has 0 N–H and O–H groups in total. The Kier molecular flexibility index (Phi) is 2.33. The van der Waals surface area contributed by atoms with E-state index in [-0.39, 0.29) is 0 Å². The van der Waals surface area contributed by atoms with Crippen LogP contribution in [0.25, 0.3) is 0 Å². The molecule has 0 aromatic carbocycles. The first-order valence-corrected chi connectivity index (χ1v) is 7.60. The molecule has 4 bridgehead atoms. The summed E-state index contributed by atoms with van der Waals surface area (Å²) in [6.45, 7) is 2.96. The molecule has 3 heteroatoms. The van der Waals surface area contributed by atoms with E-state index in [1.54, 1.807) is 0 Å². The molecule has 3 nitrogen and oxygen atoms in total. The van der Waals surface area contributed by atoms with Gasteiger partial charge >= 0.3 is 0 Å². The molecule has 100 valence electrons. The fourth-order valence-electron chi connectivity index (χ4n) is 5.56. The van der Waals surface area contributed by atoms with Gasteiger partial charge in [0.2, 0.25) is 0 Å². The van der Waals surface area contributed by atoms with E-state index in [1.165, 1.54) is 38.5 Å². The first kappa shape index (κ1) is 11.5. The molecule has 0 aliphatic heterocycles. The van der Waals surface area contributed by atoms with Crippen molar-refractivity contribution in [2.45, 2.75) is 52.0 Å². The molecule has 19 heavy (non-hydrogen) atoms. The van der Waals surface area contributed by atoms with Crippen molar-refractivity contribution in [1.82, 2.24) is 9.78 Å². The lowest BCUT2D eigenvalue weighted by atomic mass is 9.49. The number of hydrogen-bond donors (Lipinski definition) is 0. The summed E-state index contributed by atoms with van der Waals surface area (Å²) in [7, 11) is 0. The average molecular weight is 255 g/mol. The van der Waals surface area contributed by atoms with Gasteiger partial charge in [-0.3, -0.25) is 4.68 Å². The van der Waals surface area contributed by atoms with Crippen molar-refractivity contribution in [3.63, 3.8) is 0 Å². The van der Waals surface area contributed by atoms with Crippen LogP contribution in [0, 0.1) is 41.4 Å². The molecule has 1 aromatic rings. The van der Waals surface area contributed by atoms with E-state index in [2.05, 4.69) is 11.2 Å². The van der Waals surface area contributed by atoms with Crippen LogP contribution in [-0.4, -0.2) is 9.78 Å². The summed E-state index contributed by atoms with van der Waals surface area (Å²) in [6.07, 6.45) is 8.56. The van der Waals surface area contributed by atoms with Crippen molar-refractivity contribution in [3.05, 3.63) is 17.5 Å². The highest BCUT2D eigenvalue weighted by atomic mass is 15.3. The zero-order valence-electron chi connectivity index (χ0n) is 11.6. The predicted molar refractivity (Wildman–Crippen MR) is 72.3 cm³/mol. The minimum absolute atomic E-state index is 0.457. The Morgan fingerprint density at radius 3 is 2.37 bits per heavy atom. The van der Waals surface area contributed by atoms with E-state index in [4.69, 9.17) is 0 Å². The molecule has 0 radical (unpaired) electrons. The van der Waals surface area contributed by atoms with Gasteiger partial charge in [0.1, 0.15) is 11.8 Å². The van der Waals surface area contributed by atoms with Crippen molar-refractivity contribution >= 4 is 0 Å². The minimum Gasteiger partial charge on any atom is -0.254 e. The van der Waals surface area contributed by atoms with Gasteiger partial charge in [-0.05, 0) is 74.7 Å². The zero-order valence-corrected chi connectivity index (χ0v) is 11.6. The Balaban J connectivity index is 1.64. The molecule has 0 unspecified atom stereocenters. The van der Waals surface area contributed by atoms with Crippen LogP contribution in [0.1, 0.15) is 49.9 Å². The van der Waals surface area contributed by atoms with Crippen LogP contribution in [0.3, 0.4) is 0 Å². The van der Waals surface area contributed by atoms with Crippen LogP contribution >= 0.6 is 0 Å². The van der Waals surface area contributed by atoms with Crippen molar-refractivity contribution in [2.24, 2.45) is 23.2 Å². The van der Waals surface area contributed by atoms with Crippen LogP contribution in [-0.2, 0) is 6.54 Å². The van der Waals surface area contributed by atoms with Crippen LogP contribution in [0.2, 0.25) is 0 Å². The molecule has 1 heterocycles. The average Bonchev–Trinajstić information content (AvgIpc) is 2.66. The standard InChI is InChI=1S/C16H21N3/c1-11-2-15(9-17)19(18-11)10-16-6-12-3-13(7-16)5-14(4-12)8-16/h2,12-14H,3-8,10H2,1H3. The number of rotatable bonds is 2. The Hall–Kier alpha value is -1.30. The van der Waals surface area contributed by atoms with Crippen molar-refractivity contribution < 1.29 is 0 Å². The third-order valence-corrected chi connectivity index (χ3v) is 5.67. The third-order valence-electron chi connectivity index (χ3n) is 5.67. The first-order valence-electron chi connectivity index (χ1n) is 7.60. The van der Waals surface area contributed by atoms with Crippen LogP contribution in [0.4, 0.5) is 0 Å². The summed E-state index contributed by atoms with van der Waals surface area (Å²) in [5.41, 5.74) is 2.17. The van der Waals surface area contributed by atoms with Crippen molar-refractivity contribution in [1.29, 1.82) is 5.26 Å². The monoisotopic (exact) mass is 255 g/mol. The fourth-order valence-corrected chi connectivity index (χ4v) is 5.56. The molecular formula is C16H21N3. The molecule has 4 fully saturated rings. The number of nitrogens with zero attached hydrogens (tertiary/aromatic N) is 3. The quantitative estimate of drug-likeness (QED) is 0.813. The van der Waals surface area contributed by atoms with Crippen LogP contribution < -0.4 is 0 Å². The van der Waals surface area contributed by atoms with E-state index < -0.39 is 0 Å². The van der Waals surface area contributed by atoms with Crippen LogP contribution in [0.15, 0.2) is 6.07 Å². The molecule has 5 rings (SSSR count). The van der Waals surface area contributed by atoms with Gasteiger partial charge in [0.15, 0.2) is 0 Å². The van der Waals surface area contributed by atoms with Gasteiger partial charge in [0.25, 0.3) is 0 Å². The molecule has 0 amide bonds. The summed E-state index contributed by atoms with van der Waals surface area (Å²) in [5, 5.41) is 13.8. The summed E-state index contributed by atoms with van der Waals surface area (Å²) in [6, 6.07) is 4.22. The lowest BCUT2D eigenvalue weighted by molar-refractivity contribution is -0.0636. The maximum atomic E-state index is 9.23.